The summed E-state index contributed by atoms with van der Waals surface area (Å²) in [5.74, 6) is 0.404. The van der Waals surface area contributed by atoms with Crippen molar-refractivity contribution in [2.45, 2.75) is 31.8 Å². The van der Waals surface area contributed by atoms with Crippen LogP contribution in [-0.4, -0.2) is 51.4 Å². The average Bonchev–Trinajstić information content (AvgIpc) is 2.85. The first-order chi connectivity index (χ1) is 12.5. The number of likely N-dealkylation sites (tertiary alicyclic amines) is 1. The molecule has 2 heterocycles. The average molecular weight is 376 g/mol. The number of ether oxygens (including phenoxy) is 1. The summed E-state index contributed by atoms with van der Waals surface area (Å²) in [7, 11) is 0. The molecule has 1 fully saturated rings. The number of rotatable bonds is 4. The monoisotopic (exact) mass is 375 g/mol. The molecule has 138 valence electrons. The molecule has 0 aliphatic carbocycles. The Bertz CT molecular complexity index is 772. The summed E-state index contributed by atoms with van der Waals surface area (Å²) in [6.45, 7) is 3.11. The van der Waals surface area contributed by atoms with Gasteiger partial charge in [-0.25, -0.2) is 0 Å². The second-order valence-corrected chi connectivity index (χ2v) is 7.11. The molecule has 1 amide bonds. The first kappa shape index (κ1) is 18.6. The van der Waals surface area contributed by atoms with E-state index in [1.54, 1.807) is 23.1 Å². The smallest absolute Gasteiger partial charge is 0.274 e. The molecule has 1 aliphatic heterocycles. The topological polar surface area (TPSA) is 75.6 Å². The van der Waals surface area contributed by atoms with Crippen molar-refractivity contribution in [1.82, 2.24) is 15.1 Å². The van der Waals surface area contributed by atoms with Crippen LogP contribution in [0.25, 0.3) is 0 Å². The maximum absolute atomic E-state index is 12.5. The van der Waals surface area contributed by atoms with Crippen LogP contribution in [0.4, 0.5) is 0 Å². The number of hydrogen-bond donors (Lipinski definition) is 1. The van der Waals surface area contributed by atoms with Crippen molar-refractivity contribution in [3.8, 4) is 5.75 Å². The lowest BCUT2D eigenvalue weighted by Gasteiger charge is -2.27. The second kappa shape index (κ2) is 8.01. The first-order valence-corrected chi connectivity index (χ1v) is 9.03. The maximum atomic E-state index is 12.5. The number of amides is 1. The van der Waals surface area contributed by atoms with E-state index in [0.717, 1.165) is 5.56 Å². The van der Waals surface area contributed by atoms with Gasteiger partial charge in [-0.1, -0.05) is 17.7 Å². The number of aryl methyl sites for hydroxylation is 1. The zero-order valence-electron chi connectivity index (χ0n) is 14.7. The van der Waals surface area contributed by atoms with Gasteiger partial charge in [-0.15, -0.1) is 5.10 Å². The van der Waals surface area contributed by atoms with Crippen molar-refractivity contribution in [3.63, 3.8) is 0 Å². The standard InChI is InChI=1S/C19H22ClN3O3/c1-14-5-6-15(20)17(12-14)26-13-19(25)7-3-10-23(11-8-19)18(24)16-4-2-9-21-22-16/h2,4-6,9,12,25H,3,7-8,10-11,13H2,1H3. The van der Waals surface area contributed by atoms with Gasteiger partial charge >= 0.3 is 0 Å². The highest BCUT2D eigenvalue weighted by Gasteiger charge is 2.33. The van der Waals surface area contributed by atoms with Gasteiger partial charge in [0.05, 0.1) is 5.02 Å². The third-order valence-electron chi connectivity index (χ3n) is 4.58. The first-order valence-electron chi connectivity index (χ1n) is 8.65. The van der Waals surface area contributed by atoms with E-state index < -0.39 is 5.60 Å². The number of benzene rings is 1. The van der Waals surface area contributed by atoms with E-state index in [0.29, 0.717) is 48.8 Å². The van der Waals surface area contributed by atoms with Crippen LogP contribution in [-0.2, 0) is 0 Å². The molecule has 0 saturated carbocycles. The molecule has 1 saturated heterocycles. The van der Waals surface area contributed by atoms with E-state index in [-0.39, 0.29) is 12.5 Å². The molecule has 1 aliphatic rings. The van der Waals surface area contributed by atoms with Crippen LogP contribution in [0.5, 0.6) is 5.75 Å². The van der Waals surface area contributed by atoms with Crippen LogP contribution in [0.3, 0.4) is 0 Å². The predicted molar refractivity (Wildman–Crippen MR) is 98.4 cm³/mol. The lowest BCUT2D eigenvalue weighted by atomic mass is 9.96. The molecule has 1 atom stereocenters. The number of aliphatic hydroxyl groups is 1. The summed E-state index contributed by atoms with van der Waals surface area (Å²) < 4.78 is 5.79. The van der Waals surface area contributed by atoms with Crippen molar-refractivity contribution in [2.24, 2.45) is 0 Å². The van der Waals surface area contributed by atoms with E-state index >= 15 is 0 Å². The number of aromatic nitrogens is 2. The molecule has 0 bridgehead atoms. The lowest BCUT2D eigenvalue weighted by Crippen LogP contribution is -2.38. The quantitative estimate of drug-likeness (QED) is 0.889. The van der Waals surface area contributed by atoms with Crippen molar-refractivity contribution in [3.05, 3.63) is 52.8 Å². The van der Waals surface area contributed by atoms with Crippen LogP contribution >= 0.6 is 11.6 Å². The van der Waals surface area contributed by atoms with Crippen LogP contribution in [0.15, 0.2) is 36.5 Å². The Balaban J connectivity index is 1.62. The van der Waals surface area contributed by atoms with Gasteiger partial charge in [0.2, 0.25) is 0 Å². The van der Waals surface area contributed by atoms with Gasteiger partial charge in [-0.2, -0.15) is 5.10 Å². The van der Waals surface area contributed by atoms with Gasteiger partial charge < -0.3 is 14.7 Å². The van der Waals surface area contributed by atoms with Crippen molar-refractivity contribution >= 4 is 17.5 Å². The number of hydrogen-bond acceptors (Lipinski definition) is 5. The molecule has 1 aromatic carbocycles. The van der Waals surface area contributed by atoms with Crippen molar-refractivity contribution in [1.29, 1.82) is 0 Å². The highest BCUT2D eigenvalue weighted by molar-refractivity contribution is 6.32. The number of carbonyl (C=O) groups is 1. The Morgan fingerprint density at radius 1 is 1.35 bits per heavy atom. The summed E-state index contributed by atoms with van der Waals surface area (Å²) in [6.07, 6.45) is 3.21. The maximum Gasteiger partial charge on any atom is 0.274 e. The molecule has 6 nitrogen and oxygen atoms in total. The minimum absolute atomic E-state index is 0.142. The molecule has 7 heteroatoms. The third-order valence-corrected chi connectivity index (χ3v) is 4.89. The van der Waals surface area contributed by atoms with Gasteiger partial charge in [0, 0.05) is 19.3 Å². The van der Waals surface area contributed by atoms with Gasteiger partial charge in [0.15, 0.2) is 5.69 Å². The molecule has 26 heavy (non-hydrogen) atoms. The minimum atomic E-state index is -0.996. The van der Waals surface area contributed by atoms with E-state index in [1.807, 2.05) is 19.1 Å². The largest absolute Gasteiger partial charge is 0.489 e. The Hall–Kier alpha value is -2.18. The van der Waals surface area contributed by atoms with Gasteiger partial charge in [-0.05, 0) is 56.0 Å². The molecule has 0 radical (unpaired) electrons. The summed E-state index contributed by atoms with van der Waals surface area (Å²) >= 11 is 6.15. The normalized spacial score (nSPS) is 20.5. The zero-order valence-corrected chi connectivity index (χ0v) is 15.4. The lowest BCUT2D eigenvalue weighted by molar-refractivity contribution is -0.0163. The second-order valence-electron chi connectivity index (χ2n) is 6.70. The molecular weight excluding hydrogens is 354 g/mol. The molecular formula is C19H22ClN3O3. The molecule has 1 aromatic heterocycles. The Labute approximate surface area is 157 Å². The van der Waals surface area contributed by atoms with E-state index in [9.17, 15) is 9.90 Å². The highest BCUT2D eigenvalue weighted by atomic mass is 35.5. The van der Waals surface area contributed by atoms with Crippen molar-refractivity contribution < 1.29 is 14.6 Å². The fourth-order valence-corrected chi connectivity index (χ4v) is 3.21. The Kier molecular flexibility index (Phi) is 5.74. The Morgan fingerprint density at radius 3 is 2.96 bits per heavy atom. The van der Waals surface area contributed by atoms with E-state index in [1.165, 1.54) is 6.20 Å². The van der Waals surface area contributed by atoms with E-state index in [2.05, 4.69) is 10.2 Å². The van der Waals surface area contributed by atoms with Crippen LogP contribution in [0.2, 0.25) is 5.02 Å². The minimum Gasteiger partial charge on any atom is -0.489 e. The summed E-state index contributed by atoms with van der Waals surface area (Å²) in [6, 6.07) is 8.88. The molecule has 1 N–H and O–H groups in total. The van der Waals surface area contributed by atoms with Gasteiger partial charge in [0.25, 0.3) is 5.91 Å². The number of carbonyl (C=O) groups excluding carboxylic acids is 1. The van der Waals surface area contributed by atoms with Gasteiger partial charge in [0.1, 0.15) is 18.0 Å². The van der Waals surface area contributed by atoms with E-state index in [4.69, 9.17) is 16.3 Å². The molecule has 0 spiro atoms. The van der Waals surface area contributed by atoms with Crippen LogP contribution in [0, 0.1) is 6.92 Å². The molecule has 3 rings (SSSR count). The summed E-state index contributed by atoms with van der Waals surface area (Å²) in [4.78, 5) is 14.2. The molecule has 1 unspecified atom stereocenters. The zero-order chi connectivity index (χ0) is 18.6. The predicted octanol–water partition coefficient (Wildman–Crippen LogP) is 2.87. The number of nitrogens with zero attached hydrogens (tertiary/aromatic N) is 3. The number of halogens is 1. The van der Waals surface area contributed by atoms with Gasteiger partial charge in [-0.3, -0.25) is 4.79 Å². The molecule has 2 aromatic rings. The summed E-state index contributed by atoms with van der Waals surface area (Å²) in [5, 5.41) is 19.1. The third kappa shape index (κ3) is 4.51. The SMILES string of the molecule is Cc1ccc(Cl)c(OCC2(O)CCCN(C(=O)c3cccnn3)CC2)c1. The summed E-state index contributed by atoms with van der Waals surface area (Å²) in [5.41, 5.74) is 0.364. The highest BCUT2D eigenvalue weighted by Crippen LogP contribution is 2.29. The van der Waals surface area contributed by atoms with Crippen molar-refractivity contribution in [2.75, 3.05) is 19.7 Å². The fourth-order valence-electron chi connectivity index (χ4n) is 3.04. The fraction of sp³-hybridized carbons (Fsp3) is 0.421. The van der Waals surface area contributed by atoms with Crippen LogP contribution < -0.4 is 4.74 Å². The van der Waals surface area contributed by atoms with Crippen LogP contribution in [0.1, 0.15) is 35.3 Å². The Morgan fingerprint density at radius 2 is 2.19 bits per heavy atom.